The number of amides is 2. The third-order valence-corrected chi connectivity index (χ3v) is 2.90. The highest BCUT2D eigenvalue weighted by molar-refractivity contribution is 6.32. The first-order chi connectivity index (χ1) is 8.09. The number of hydrogen-bond acceptors (Lipinski definition) is 2. The number of halogens is 1. The lowest BCUT2D eigenvalue weighted by Gasteiger charge is -2.20. The Balaban J connectivity index is 2.33. The van der Waals surface area contributed by atoms with Crippen molar-refractivity contribution in [2.24, 2.45) is 0 Å². The van der Waals surface area contributed by atoms with Crippen LogP contribution in [0.1, 0.15) is 22.8 Å². The van der Waals surface area contributed by atoms with Crippen LogP contribution in [-0.4, -0.2) is 23.7 Å². The second-order valence-corrected chi connectivity index (χ2v) is 4.60. The van der Waals surface area contributed by atoms with Gasteiger partial charge in [-0.05, 0) is 31.0 Å². The molecule has 0 saturated carbocycles. The summed E-state index contributed by atoms with van der Waals surface area (Å²) in [6, 6.07) is 5.29. The Labute approximate surface area is 104 Å². The highest BCUT2D eigenvalue weighted by Gasteiger charge is 2.20. The summed E-state index contributed by atoms with van der Waals surface area (Å²) in [5, 5.41) is 4.91. The van der Waals surface area contributed by atoms with Gasteiger partial charge in [-0.2, -0.15) is 0 Å². The first-order valence-electron chi connectivity index (χ1n) is 5.44. The summed E-state index contributed by atoms with van der Waals surface area (Å²) >= 11 is 5.70. The van der Waals surface area contributed by atoms with Crippen molar-refractivity contribution >= 4 is 29.1 Å². The highest BCUT2D eigenvalue weighted by atomic mass is 35.5. The van der Waals surface area contributed by atoms with Crippen molar-refractivity contribution in [2.45, 2.75) is 18.7 Å². The van der Waals surface area contributed by atoms with Gasteiger partial charge in [0.2, 0.25) is 5.91 Å². The maximum Gasteiger partial charge on any atom is 0.251 e. The summed E-state index contributed by atoms with van der Waals surface area (Å²) in [5.41, 5.74) is 2.17. The number of benzene rings is 1. The Morgan fingerprint density at radius 2 is 2.29 bits per heavy atom. The lowest BCUT2D eigenvalue weighted by Crippen LogP contribution is -2.33. The first kappa shape index (κ1) is 11.9. The van der Waals surface area contributed by atoms with Crippen LogP contribution in [0, 0.1) is 0 Å². The molecule has 5 heteroatoms. The maximum atomic E-state index is 11.6. The molecule has 2 rings (SSSR count). The number of alkyl halides is 1. The second-order valence-electron chi connectivity index (χ2n) is 3.94. The van der Waals surface area contributed by atoms with Crippen molar-refractivity contribution in [3.63, 3.8) is 0 Å². The van der Waals surface area contributed by atoms with E-state index in [1.54, 1.807) is 25.1 Å². The van der Waals surface area contributed by atoms with E-state index in [0.717, 1.165) is 5.56 Å². The van der Waals surface area contributed by atoms with Gasteiger partial charge in [-0.3, -0.25) is 9.59 Å². The van der Waals surface area contributed by atoms with E-state index in [9.17, 15) is 9.59 Å². The van der Waals surface area contributed by atoms with Crippen molar-refractivity contribution in [3.8, 4) is 0 Å². The maximum absolute atomic E-state index is 11.6. The lowest BCUT2D eigenvalue weighted by molar-refractivity contribution is -0.115. The van der Waals surface area contributed by atoms with Gasteiger partial charge in [-0.25, -0.2) is 0 Å². The molecule has 0 saturated heterocycles. The molecule has 1 aromatic rings. The van der Waals surface area contributed by atoms with Crippen LogP contribution in [-0.2, 0) is 11.2 Å². The average Bonchev–Trinajstić information content (AvgIpc) is 2.30. The fourth-order valence-corrected chi connectivity index (χ4v) is 1.87. The van der Waals surface area contributed by atoms with Crippen molar-refractivity contribution < 1.29 is 9.59 Å². The number of hydrogen-bond donors (Lipinski definition) is 2. The zero-order chi connectivity index (χ0) is 12.4. The Morgan fingerprint density at radius 1 is 1.53 bits per heavy atom. The fraction of sp³-hybridized carbons (Fsp3) is 0.333. The van der Waals surface area contributed by atoms with Crippen LogP contribution in [0.5, 0.6) is 0 Å². The first-order valence-corrected chi connectivity index (χ1v) is 5.88. The van der Waals surface area contributed by atoms with Gasteiger partial charge < -0.3 is 10.6 Å². The van der Waals surface area contributed by atoms with Crippen LogP contribution in [0.2, 0.25) is 0 Å². The molecule has 1 atom stereocenters. The summed E-state index contributed by atoms with van der Waals surface area (Å²) in [5.74, 6) is -0.354. The minimum absolute atomic E-state index is 0.0960. The molecule has 4 nitrogen and oxygen atoms in total. The Hall–Kier alpha value is -1.55. The molecule has 0 bridgehead atoms. The smallest absolute Gasteiger partial charge is 0.251 e. The average molecular weight is 253 g/mol. The van der Waals surface area contributed by atoms with Crippen LogP contribution >= 0.6 is 11.6 Å². The molecule has 0 fully saturated rings. The number of fused-ring (bicyclic) bond motifs is 1. The number of rotatable bonds is 2. The summed E-state index contributed by atoms with van der Waals surface area (Å²) < 4.78 is 0. The third-order valence-electron chi connectivity index (χ3n) is 2.70. The lowest BCUT2D eigenvalue weighted by atomic mass is 9.98. The van der Waals surface area contributed by atoms with E-state index >= 15 is 0 Å². The Bertz CT molecular complexity index is 472. The standard InChI is InChI=1S/C12H13ClN2O2/c1-7(13)11(16)15-10-4-2-3-9-8(10)5-6-14-12(9)17/h2-4,7H,5-6H2,1H3,(H,14,17)(H,15,16). The minimum atomic E-state index is -0.594. The van der Waals surface area contributed by atoms with Gasteiger partial charge in [-0.15, -0.1) is 11.6 Å². The molecule has 2 amide bonds. The SMILES string of the molecule is CC(Cl)C(=O)Nc1cccc2c1CCNC2=O. The van der Waals surface area contributed by atoms with Crippen LogP contribution in [0.4, 0.5) is 5.69 Å². The van der Waals surface area contributed by atoms with E-state index in [4.69, 9.17) is 11.6 Å². The molecule has 0 aromatic heterocycles. The zero-order valence-corrected chi connectivity index (χ0v) is 10.2. The van der Waals surface area contributed by atoms with E-state index in [1.807, 2.05) is 0 Å². The van der Waals surface area contributed by atoms with Gasteiger partial charge in [0.25, 0.3) is 5.91 Å². The monoisotopic (exact) mass is 252 g/mol. The molecule has 1 unspecified atom stereocenters. The molecule has 1 aromatic carbocycles. The Morgan fingerprint density at radius 3 is 3.00 bits per heavy atom. The quantitative estimate of drug-likeness (QED) is 0.785. The Kier molecular flexibility index (Phi) is 3.33. The van der Waals surface area contributed by atoms with Gasteiger partial charge in [0.1, 0.15) is 5.38 Å². The molecule has 1 aliphatic rings. The third kappa shape index (κ3) is 2.42. The molecule has 90 valence electrons. The van der Waals surface area contributed by atoms with Crippen LogP contribution in [0.15, 0.2) is 18.2 Å². The molecule has 1 aliphatic heterocycles. The summed E-state index contributed by atoms with van der Waals surface area (Å²) in [6.07, 6.45) is 0.716. The zero-order valence-electron chi connectivity index (χ0n) is 9.42. The highest BCUT2D eigenvalue weighted by Crippen LogP contribution is 2.23. The van der Waals surface area contributed by atoms with E-state index in [0.29, 0.717) is 24.2 Å². The number of nitrogens with one attached hydrogen (secondary N) is 2. The van der Waals surface area contributed by atoms with Crippen molar-refractivity contribution in [2.75, 3.05) is 11.9 Å². The summed E-state index contributed by atoms with van der Waals surface area (Å²) in [7, 11) is 0. The normalized spacial score (nSPS) is 15.8. The second kappa shape index (κ2) is 4.75. The largest absolute Gasteiger partial charge is 0.352 e. The van der Waals surface area contributed by atoms with Crippen LogP contribution in [0.25, 0.3) is 0 Å². The van der Waals surface area contributed by atoms with Gasteiger partial charge >= 0.3 is 0 Å². The van der Waals surface area contributed by atoms with Crippen molar-refractivity contribution in [1.29, 1.82) is 0 Å². The molecular weight excluding hydrogens is 240 g/mol. The van der Waals surface area contributed by atoms with Gasteiger partial charge in [0.05, 0.1) is 0 Å². The minimum Gasteiger partial charge on any atom is -0.352 e. The number of carbonyl (C=O) groups is 2. The van der Waals surface area contributed by atoms with E-state index in [-0.39, 0.29) is 11.8 Å². The van der Waals surface area contributed by atoms with E-state index in [1.165, 1.54) is 0 Å². The van der Waals surface area contributed by atoms with E-state index in [2.05, 4.69) is 10.6 Å². The van der Waals surface area contributed by atoms with Gasteiger partial charge in [-0.1, -0.05) is 6.07 Å². The molecule has 0 spiro atoms. The molecule has 17 heavy (non-hydrogen) atoms. The molecular formula is C12H13ClN2O2. The molecule has 0 aliphatic carbocycles. The summed E-state index contributed by atoms with van der Waals surface area (Å²) in [6.45, 7) is 2.20. The van der Waals surface area contributed by atoms with Crippen LogP contribution < -0.4 is 10.6 Å². The topological polar surface area (TPSA) is 58.2 Å². The van der Waals surface area contributed by atoms with Crippen molar-refractivity contribution in [3.05, 3.63) is 29.3 Å². The van der Waals surface area contributed by atoms with Crippen molar-refractivity contribution in [1.82, 2.24) is 5.32 Å². The van der Waals surface area contributed by atoms with Gasteiger partial charge in [0.15, 0.2) is 0 Å². The molecule has 2 N–H and O–H groups in total. The molecule has 0 radical (unpaired) electrons. The van der Waals surface area contributed by atoms with E-state index < -0.39 is 5.38 Å². The number of carbonyl (C=O) groups excluding carboxylic acids is 2. The van der Waals surface area contributed by atoms with Crippen LogP contribution in [0.3, 0.4) is 0 Å². The molecule has 1 heterocycles. The fourth-order valence-electron chi connectivity index (χ4n) is 1.81. The predicted molar refractivity (Wildman–Crippen MR) is 66.4 cm³/mol. The van der Waals surface area contributed by atoms with Gasteiger partial charge in [0, 0.05) is 17.8 Å². The predicted octanol–water partition coefficient (Wildman–Crippen LogP) is 1.54. The number of anilines is 1. The summed E-state index contributed by atoms with van der Waals surface area (Å²) in [4.78, 5) is 23.1.